The number of hydrogen-bond donors (Lipinski definition) is 1. The highest BCUT2D eigenvalue weighted by atomic mass is 32.2. The molecular weight excluding hydrogens is 484 g/mol. The standard InChI is InChI=1S/C26H40N2O7S/c1-18-11-12-23(36(31,32)28-15-7-10-21(28)24(29)33-5)22(16-18)34-20-9-6-8-19(17-20)13-14-27-25(30)35-26(2,3)4/h11-12,16,19-21H,6-10,13-15,17H2,1-5H3,(H,27,30)/t19-,20+,21-/m0/s1. The number of benzene rings is 1. The maximum Gasteiger partial charge on any atom is 0.407 e. The first-order valence-corrected chi connectivity index (χ1v) is 14.2. The van der Waals surface area contributed by atoms with Crippen LogP contribution in [0, 0.1) is 12.8 Å². The van der Waals surface area contributed by atoms with Crippen LogP contribution in [0.25, 0.3) is 0 Å². The Morgan fingerprint density at radius 1 is 1.14 bits per heavy atom. The van der Waals surface area contributed by atoms with Crippen LogP contribution in [0.1, 0.15) is 71.3 Å². The number of sulfonamides is 1. The van der Waals surface area contributed by atoms with Crippen LogP contribution < -0.4 is 10.1 Å². The van der Waals surface area contributed by atoms with Crippen LogP contribution in [0.4, 0.5) is 4.79 Å². The van der Waals surface area contributed by atoms with E-state index in [1.54, 1.807) is 18.2 Å². The minimum absolute atomic E-state index is 0.0811. The van der Waals surface area contributed by atoms with Gasteiger partial charge in [0, 0.05) is 13.1 Å². The Kier molecular flexibility index (Phi) is 9.27. The number of esters is 1. The summed E-state index contributed by atoms with van der Waals surface area (Å²) in [5.74, 6) is 0.134. The number of carbonyl (C=O) groups is 2. The minimum atomic E-state index is -3.95. The van der Waals surface area contributed by atoms with E-state index in [9.17, 15) is 18.0 Å². The van der Waals surface area contributed by atoms with E-state index in [-0.39, 0.29) is 17.5 Å². The highest BCUT2D eigenvalue weighted by Gasteiger charge is 2.41. The minimum Gasteiger partial charge on any atom is -0.489 e. The smallest absolute Gasteiger partial charge is 0.407 e. The first-order chi connectivity index (χ1) is 16.9. The molecule has 3 atom stereocenters. The molecule has 9 nitrogen and oxygen atoms in total. The largest absolute Gasteiger partial charge is 0.489 e. The number of aryl methyl sites for hydroxylation is 1. The average Bonchev–Trinajstić information content (AvgIpc) is 3.28. The first kappa shape index (κ1) is 28.2. The maximum atomic E-state index is 13.6. The molecule has 0 spiro atoms. The van der Waals surface area contributed by atoms with Gasteiger partial charge in [-0.2, -0.15) is 4.31 Å². The van der Waals surface area contributed by atoms with E-state index in [4.69, 9.17) is 14.2 Å². The van der Waals surface area contributed by atoms with E-state index in [0.29, 0.717) is 31.1 Å². The fraction of sp³-hybridized carbons (Fsp3) is 0.692. The zero-order chi connectivity index (χ0) is 26.5. The summed E-state index contributed by atoms with van der Waals surface area (Å²) in [6, 6.07) is 4.25. The van der Waals surface area contributed by atoms with Gasteiger partial charge in [-0.25, -0.2) is 13.2 Å². The fourth-order valence-electron chi connectivity index (χ4n) is 4.93. The molecule has 0 unspecified atom stereocenters. The SMILES string of the molecule is COC(=O)[C@@H]1CCCN1S(=O)(=O)c1ccc(C)cc1O[C@@H]1CCC[C@@H](CCNC(=O)OC(C)(C)C)C1. The summed E-state index contributed by atoms with van der Waals surface area (Å²) < 4.78 is 44.9. The van der Waals surface area contributed by atoms with E-state index in [0.717, 1.165) is 37.7 Å². The number of carbonyl (C=O) groups excluding carboxylic acids is 2. The predicted octanol–water partition coefficient (Wildman–Crippen LogP) is 4.17. The number of nitrogens with one attached hydrogen (secondary N) is 1. The van der Waals surface area contributed by atoms with Crippen molar-refractivity contribution in [2.45, 2.75) is 95.3 Å². The zero-order valence-corrected chi connectivity index (χ0v) is 22.9. The zero-order valence-electron chi connectivity index (χ0n) is 22.0. The number of ether oxygens (including phenoxy) is 3. The van der Waals surface area contributed by atoms with Gasteiger partial charge in [0.1, 0.15) is 22.3 Å². The molecule has 0 aromatic heterocycles. The molecule has 2 fully saturated rings. The Morgan fingerprint density at radius 3 is 2.58 bits per heavy atom. The third-order valence-electron chi connectivity index (χ3n) is 6.61. The average molecular weight is 525 g/mol. The number of hydrogen-bond acceptors (Lipinski definition) is 7. The summed E-state index contributed by atoms with van der Waals surface area (Å²) in [5, 5.41) is 2.81. The van der Waals surface area contributed by atoms with Gasteiger partial charge in [-0.3, -0.25) is 4.79 Å². The molecule has 1 heterocycles. The lowest BCUT2D eigenvalue weighted by Gasteiger charge is -2.31. The van der Waals surface area contributed by atoms with E-state index in [2.05, 4.69) is 5.32 Å². The quantitative estimate of drug-likeness (QED) is 0.508. The Morgan fingerprint density at radius 2 is 1.89 bits per heavy atom. The summed E-state index contributed by atoms with van der Waals surface area (Å²) >= 11 is 0. The normalized spacial score (nSPS) is 23.2. The number of nitrogens with zero attached hydrogens (tertiary/aromatic N) is 1. The molecule has 3 rings (SSSR count). The number of amides is 1. The van der Waals surface area contributed by atoms with E-state index >= 15 is 0 Å². The number of rotatable bonds is 8. The Bertz CT molecular complexity index is 1040. The molecular formula is C26H40N2O7S. The second-order valence-electron chi connectivity index (χ2n) is 10.7. The van der Waals surface area contributed by atoms with Crippen LogP contribution in [0.15, 0.2) is 23.1 Å². The summed E-state index contributed by atoms with van der Waals surface area (Å²) in [7, 11) is -2.68. The van der Waals surface area contributed by atoms with Crippen molar-refractivity contribution in [3.05, 3.63) is 23.8 Å². The van der Waals surface area contributed by atoms with Gasteiger partial charge in [0.2, 0.25) is 10.0 Å². The summed E-state index contributed by atoms with van der Waals surface area (Å²) in [4.78, 5) is 24.2. The molecule has 36 heavy (non-hydrogen) atoms. The van der Waals surface area contributed by atoms with Crippen molar-refractivity contribution in [2.24, 2.45) is 5.92 Å². The Labute approximate surface area is 214 Å². The lowest BCUT2D eigenvalue weighted by Crippen LogP contribution is -2.41. The maximum absolute atomic E-state index is 13.6. The van der Waals surface area contributed by atoms with Crippen LogP contribution >= 0.6 is 0 Å². The molecule has 1 amide bonds. The van der Waals surface area contributed by atoms with Crippen molar-refractivity contribution >= 4 is 22.1 Å². The van der Waals surface area contributed by atoms with Crippen LogP contribution in [0.3, 0.4) is 0 Å². The molecule has 1 aromatic rings. The molecule has 10 heteroatoms. The lowest BCUT2D eigenvalue weighted by atomic mass is 9.85. The molecule has 1 aliphatic heterocycles. The van der Waals surface area contributed by atoms with Crippen LogP contribution in [-0.4, -0.2) is 62.7 Å². The van der Waals surface area contributed by atoms with E-state index in [1.807, 2.05) is 27.7 Å². The molecule has 1 aromatic carbocycles. The Hall–Kier alpha value is -2.33. The monoisotopic (exact) mass is 524 g/mol. The van der Waals surface area contributed by atoms with Gasteiger partial charge in [-0.05, 0) is 89.8 Å². The third-order valence-corrected chi connectivity index (χ3v) is 8.56. The van der Waals surface area contributed by atoms with Gasteiger partial charge < -0.3 is 19.5 Å². The van der Waals surface area contributed by atoms with Gasteiger partial charge in [-0.15, -0.1) is 0 Å². The van der Waals surface area contributed by atoms with Gasteiger partial charge >= 0.3 is 12.1 Å². The fourth-order valence-corrected chi connectivity index (χ4v) is 6.68. The van der Waals surface area contributed by atoms with Crippen molar-refractivity contribution in [3.8, 4) is 5.75 Å². The molecule has 1 saturated carbocycles. The van der Waals surface area contributed by atoms with Crippen LogP contribution in [-0.2, 0) is 24.3 Å². The summed E-state index contributed by atoms with van der Waals surface area (Å²) in [6.07, 6.45) is 4.89. The summed E-state index contributed by atoms with van der Waals surface area (Å²) in [5.41, 5.74) is 0.356. The van der Waals surface area contributed by atoms with Crippen molar-refractivity contribution in [1.29, 1.82) is 0 Å². The topological polar surface area (TPSA) is 111 Å². The number of methoxy groups -OCH3 is 1. The molecule has 1 aliphatic carbocycles. The van der Waals surface area contributed by atoms with Crippen molar-refractivity contribution in [3.63, 3.8) is 0 Å². The molecule has 1 saturated heterocycles. The van der Waals surface area contributed by atoms with Crippen molar-refractivity contribution in [1.82, 2.24) is 9.62 Å². The second-order valence-corrected chi connectivity index (χ2v) is 12.6. The lowest BCUT2D eigenvalue weighted by molar-refractivity contribution is -0.144. The van der Waals surface area contributed by atoms with Gasteiger partial charge in [0.15, 0.2) is 0 Å². The highest BCUT2D eigenvalue weighted by molar-refractivity contribution is 7.89. The third kappa shape index (κ3) is 7.35. The molecule has 0 bridgehead atoms. The predicted molar refractivity (Wildman–Crippen MR) is 135 cm³/mol. The molecule has 202 valence electrons. The Balaban J connectivity index is 1.67. The van der Waals surface area contributed by atoms with Crippen LogP contribution in [0.5, 0.6) is 5.75 Å². The van der Waals surface area contributed by atoms with Crippen LogP contribution in [0.2, 0.25) is 0 Å². The molecule has 1 N–H and O–H groups in total. The molecule has 2 aliphatic rings. The first-order valence-electron chi connectivity index (χ1n) is 12.7. The van der Waals surface area contributed by atoms with Gasteiger partial charge in [-0.1, -0.05) is 12.5 Å². The van der Waals surface area contributed by atoms with Crippen molar-refractivity contribution in [2.75, 3.05) is 20.2 Å². The highest BCUT2D eigenvalue weighted by Crippen LogP contribution is 2.36. The van der Waals surface area contributed by atoms with Crippen molar-refractivity contribution < 1.29 is 32.2 Å². The summed E-state index contributed by atoms with van der Waals surface area (Å²) in [6.45, 7) is 8.16. The van der Waals surface area contributed by atoms with Gasteiger partial charge in [0.05, 0.1) is 13.2 Å². The van der Waals surface area contributed by atoms with E-state index in [1.165, 1.54) is 11.4 Å². The van der Waals surface area contributed by atoms with E-state index < -0.39 is 33.7 Å². The number of alkyl carbamates (subject to hydrolysis) is 1. The molecule has 0 radical (unpaired) electrons. The van der Waals surface area contributed by atoms with Gasteiger partial charge in [0.25, 0.3) is 0 Å². The second kappa shape index (κ2) is 11.8.